The molecule has 2 N–H and O–H groups in total. The molecule has 1 amide bonds. The molecule has 2 unspecified atom stereocenters. The van der Waals surface area contributed by atoms with Crippen LogP contribution in [0.4, 0.5) is 0 Å². The maximum atomic E-state index is 11.5. The van der Waals surface area contributed by atoms with E-state index in [-0.39, 0.29) is 11.9 Å². The summed E-state index contributed by atoms with van der Waals surface area (Å²) in [5.74, 6) is 1.41. The quantitative estimate of drug-likeness (QED) is 0.724. The van der Waals surface area contributed by atoms with E-state index in [4.69, 9.17) is 0 Å². The van der Waals surface area contributed by atoms with E-state index in [1.165, 1.54) is 18.6 Å². The highest BCUT2D eigenvalue weighted by molar-refractivity contribution is 8.00. The molecule has 15 heavy (non-hydrogen) atoms. The maximum Gasteiger partial charge on any atom is 0.236 e. The standard InChI is InChI=1S/C11H22N2OS/c1-3-6-12-11(14)9(2)13-8-10-5-4-7-15-10/h9-10,13H,3-8H2,1-2H3,(H,12,14). The monoisotopic (exact) mass is 230 g/mol. The summed E-state index contributed by atoms with van der Waals surface area (Å²) in [5.41, 5.74) is 0. The van der Waals surface area contributed by atoms with Gasteiger partial charge in [0.25, 0.3) is 0 Å². The molecule has 0 aliphatic carbocycles. The molecule has 0 radical (unpaired) electrons. The van der Waals surface area contributed by atoms with Gasteiger partial charge in [-0.1, -0.05) is 6.92 Å². The van der Waals surface area contributed by atoms with E-state index in [0.29, 0.717) is 5.25 Å². The van der Waals surface area contributed by atoms with Crippen LogP contribution in [-0.2, 0) is 4.79 Å². The SMILES string of the molecule is CCCNC(=O)C(C)NCC1CCCS1. The van der Waals surface area contributed by atoms with E-state index in [1.54, 1.807) is 0 Å². The molecule has 0 bridgehead atoms. The average molecular weight is 230 g/mol. The van der Waals surface area contributed by atoms with Crippen LogP contribution in [0.5, 0.6) is 0 Å². The minimum absolute atomic E-state index is 0.0576. The van der Waals surface area contributed by atoms with Crippen LogP contribution < -0.4 is 10.6 Å². The highest BCUT2D eigenvalue weighted by Gasteiger charge is 2.18. The number of carbonyl (C=O) groups is 1. The number of rotatable bonds is 6. The number of hydrogen-bond donors (Lipinski definition) is 2. The van der Waals surface area contributed by atoms with Crippen molar-refractivity contribution < 1.29 is 4.79 Å². The fourth-order valence-corrected chi connectivity index (χ4v) is 2.82. The molecular formula is C11H22N2OS. The van der Waals surface area contributed by atoms with E-state index in [0.717, 1.165) is 19.5 Å². The predicted octanol–water partition coefficient (Wildman–Crippen LogP) is 1.39. The molecule has 1 aliphatic heterocycles. The molecule has 1 fully saturated rings. The van der Waals surface area contributed by atoms with E-state index in [1.807, 2.05) is 18.7 Å². The summed E-state index contributed by atoms with van der Waals surface area (Å²) in [5, 5.41) is 6.91. The van der Waals surface area contributed by atoms with Gasteiger partial charge in [-0.25, -0.2) is 0 Å². The topological polar surface area (TPSA) is 41.1 Å². The number of hydrogen-bond acceptors (Lipinski definition) is 3. The zero-order valence-corrected chi connectivity index (χ0v) is 10.5. The van der Waals surface area contributed by atoms with Crippen LogP contribution in [0.15, 0.2) is 0 Å². The zero-order chi connectivity index (χ0) is 11.1. The fraction of sp³-hybridized carbons (Fsp3) is 0.909. The molecule has 0 spiro atoms. The summed E-state index contributed by atoms with van der Waals surface area (Å²) in [6.07, 6.45) is 3.62. The Kier molecular flexibility index (Phi) is 6.10. The maximum absolute atomic E-state index is 11.5. The van der Waals surface area contributed by atoms with Crippen LogP contribution in [0.1, 0.15) is 33.1 Å². The van der Waals surface area contributed by atoms with Crippen LogP contribution in [0.3, 0.4) is 0 Å². The van der Waals surface area contributed by atoms with Gasteiger partial charge in [0.05, 0.1) is 6.04 Å². The van der Waals surface area contributed by atoms with Gasteiger partial charge in [0.1, 0.15) is 0 Å². The minimum Gasteiger partial charge on any atom is -0.355 e. The molecule has 0 aromatic carbocycles. The van der Waals surface area contributed by atoms with E-state index in [2.05, 4.69) is 17.6 Å². The van der Waals surface area contributed by atoms with Crippen LogP contribution >= 0.6 is 11.8 Å². The van der Waals surface area contributed by atoms with Gasteiger partial charge < -0.3 is 10.6 Å². The van der Waals surface area contributed by atoms with Gasteiger partial charge in [0.2, 0.25) is 5.91 Å². The molecule has 1 saturated heterocycles. The first-order valence-corrected chi connectivity index (χ1v) is 6.91. The van der Waals surface area contributed by atoms with Gasteiger partial charge in [-0.05, 0) is 31.9 Å². The third-order valence-corrected chi connectivity index (χ3v) is 4.02. The molecule has 2 atom stereocenters. The Morgan fingerprint density at radius 2 is 2.40 bits per heavy atom. The van der Waals surface area contributed by atoms with Crippen molar-refractivity contribution in [3.05, 3.63) is 0 Å². The van der Waals surface area contributed by atoms with Crippen molar-refractivity contribution >= 4 is 17.7 Å². The van der Waals surface area contributed by atoms with Crippen molar-refractivity contribution in [1.82, 2.24) is 10.6 Å². The second-order valence-electron chi connectivity index (χ2n) is 4.06. The van der Waals surface area contributed by atoms with Crippen LogP contribution in [0.2, 0.25) is 0 Å². The lowest BCUT2D eigenvalue weighted by atomic mass is 10.2. The fourth-order valence-electron chi connectivity index (χ4n) is 1.61. The Hall–Kier alpha value is -0.220. The van der Waals surface area contributed by atoms with Gasteiger partial charge in [0.15, 0.2) is 0 Å². The molecule has 4 heteroatoms. The lowest BCUT2D eigenvalue weighted by molar-refractivity contribution is -0.122. The molecule has 88 valence electrons. The summed E-state index contributed by atoms with van der Waals surface area (Å²) >= 11 is 2.02. The first kappa shape index (κ1) is 12.8. The number of nitrogens with one attached hydrogen (secondary N) is 2. The lowest BCUT2D eigenvalue weighted by Crippen LogP contribution is -2.44. The summed E-state index contributed by atoms with van der Waals surface area (Å²) < 4.78 is 0. The number of amides is 1. The van der Waals surface area contributed by atoms with E-state index < -0.39 is 0 Å². The van der Waals surface area contributed by atoms with Crippen molar-refractivity contribution in [3.8, 4) is 0 Å². The third-order valence-electron chi connectivity index (χ3n) is 2.62. The van der Waals surface area contributed by atoms with Crippen LogP contribution in [-0.4, -0.2) is 36.0 Å². The summed E-state index contributed by atoms with van der Waals surface area (Å²) in [4.78, 5) is 11.5. The number of thioether (sulfide) groups is 1. The lowest BCUT2D eigenvalue weighted by Gasteiger charge is -2.16. The highest BCUT2D eigenvalue weighted by atomic mass is 32.2. The zero-order valence-electron chi connectivity index (χ0n) is 9.71. The molecule has 1 rings (SSSR count). The second-order valence-corrected chi connectivity index (χ2v) is 5.46. The first-order valence-electron chi connectivity index (χ1n) is 5.86. The molecule has 1 aliphatic rings. The van der Waals surface area contributed by atoms with E-state index in [9.17, 15) is 4.79 Å². The molecule has 3 nitrogen and oxygen atoms in total. The predicted molar refractivity (Wildman–Crippen MR) is 66.2 cm³/mol. The van der Waals surface area contributed by atoms with Crippen LogP contribution in [0, 0.1) is 0 Å². The van der Waals surface area contributed by atoms with Gasteiger partial charge in [-0.15, -0.1) is 0 Å². The van der Waals surface area contributed by atoms with Gasteiger partial charge in [-0.2, -0.15) is 11.8 Å². The summed E-state index contributed by atoms with van der Waals surface area (Å²) in [6.45, 7) is 5.74. The smallest absolute Gasteiger partial charge is 0.236 e. The van der Waals surface area contributed by atoms with Crippen molar-refractivity contribution in [3.63, 3.8) is 0 Å². The Balaban J connectivity index is 2.10. The van der Waals surface area contributed by atoms with Crippen molar-refractivity contribution in [2.45, 2.75) is 44.4 Å². The highest BCUT2D eigenvalue weighted by Crippen LogP contribution is 2.25. The summed E-state index contributed by atoms with van der Waals surface area (Å²) in [6, 6.07) is -0.0576. The normalized spacial score (nSPS) is 22.7. The molecule has 1 heterocycles. The average Bonchev–Trinajstić information content (AvgIpc) is 2.75. The van der Waals surface area contributed by atoms with Crippen LogP contribution in [0.25, 0.3) is 0 Å². The molecule has 0 aromatic heterocycles. The molecule has 0 aromatic rings. The van der Waals surface area contributed by atoms with Gasteiger partial charge in [-0.3, -0.25) is 4.79 Å². The van der Waals surface area contributed by atoms with Gasteiger partial charge in [0, 0.05) is 18.3 Å². The van der Waals surface area contributed by atoms with Crippen molar-refractivity contribution in [2.75, 3.05) is 18.8 Å². The first-order chi connectivity index (χ1) is 7.24. The largest absolute Gasteiger partial charge is 0.355 e. The Bertz CT molecular complexity index is 193. The second kappa shape index (κ2) is 7.12. The Morgan fingerprint density at radius 1 is 1.60 bits per heavy atom. The third kappa shape index (κ3) is 4.89. The van der Waals surface area contributed by atoms with Gasteiger partial charge >= 0.3 is 0 Å². The Morgan fingerprint density at radius 3 is 3.00 bits per heavy atom. The summed E-state index contributed by atoms with van der Waals surface area (Å²) in [7, 11) is 0. The van der Waals surface area contributed by atoms with Crippen molar-refractivity contribution in [1.29, 1.82) is 0 Å². The number of carbonyl (C=O) groups excluding carboxylic acids is 1. The van der Waals surface area contributed by atoms with Crippen molar-refractivity contribution in [2.24, 2.45) is 0 Å². The Labute approximate surface area is 96.8 Å². The minimum atomic E-state index is -0.0576. The molecule has 0 saturated carbocycles. The molecular weight excluding hydrogens is 208 g/mol. The van der Waals surface area contributed by atoms with E-state index >= 15 is 0 Å².